The smallest absolute Gasteiger partial charge is 0.0506 e. The lowest BCUT2D eigenvalue weighted by molar-refractivity contribution is 0.0539. The van der Waals surface area contributed by atoms with Crippen LogP contribution in [0, 0.1) is 5.92 Å². The van der Waals surface area contributed by atoms with E-state index in [4.69, 9.17) is 4.74 Å². The molecule has 2 saturated heterocycles. The van der Waals surface area contributed by atoms with Gasteiger partial charge < -0.3 is 10.1 Å². The van der Waals surface area contributed by atoms with Crippen molar-refractivity contribution < 1.29 is 4.74 Å². The number of nitrogens with zero attached hydrogens (tertiary/aromatic N) is 1. The molecule has 0 bridgehead atoms. The molecule has 2 atom stereocenters. The summed E-state index contributed by atoms with van der Waals surface area (Å²) < 4.78 is 5.52. The van der Waals surface area contributed by atoms with Crippen molar-refractivity contribution in [2.75, 3.05) is 32.8 Å². The fourth-order valence-corrected chi connectivity index (χ4v) is 3.03. The van der Waals surface area contributed by atoms with Crippen molar-refractivity contribution in [1.82, 2.24) is 10.2 Å². The summed E-state index contributed by atoms with van der Waals surface area (Å²) in [6.45, 7) is 5.74. The minimum Gasteiger partial charge on any atom is -0.381 e. The van der Waals surface area contributed by atoms with E-state index < -0.39 is 0 Å². The summed E-state index contributed by atoms with van der Waals surface area (Å²) in [7, 11) is 0. The number of nitrogens with one attached hydrogen (secondary N) is 1. The van der Waals surface area contributed by atoms with Gasteiger partial charge in [0.2, 0.25) is 0 Å². The van der Waals surface area contributed by atoms with Crippen molar-refractivity contribution in [3.05, 3.63) is 0 Å². The first-order valence-corrected chi connectivity index (χ1v) is 6.97. The third-order valence-corrected chi connectivity index (χ3v) is 4.23. The zero-order valence-corrected chi connectivity index (χ0v) is 10.2. The van der Waals surface area contributed by atoms with Crippen molar-refractivity contribution in [2.45, 2.75) is 44.2 Å². The van der Waals surface area contributed by atoms with Gasteiger partial charge in [0.05, 0.1) is 6.61 Å². The molecule has 0 amide bonds. The Balaban J connectivity index is 1.35. The van der Waals surface area contributed by atoms with Crippen LogP contribution in [0.5, 0.6) is 0 Å². The van der Waals surface area contributed by atoms with Crippen molar-refractivity contribution in [2.24, 2.45) is 5.92 Å². The van der Waals surface area contributed by atoms with Crippen molar-refractivity contribution in [1.29, 1.82) is 0 Å². The lowest BCUT2D eigenvalue weighted by atomic mass is 10.0. The Bertz CT molecular complexity index is 224. The highest BCUT2D eigenvalue weighted by Gasteiger charge is 2.34. The normalized spacial score (nSPS) is 36.8. The van der Waals surface area contributed by atoms with E-state index in [9.17, 15) is 0 Å². The highest BCUT2D eigenvalue weighted by molar-refractivity contribution is 4.92. The van der Waals surface area contributed by atoms with Crippen LogP contribution in [0.4, 0.5) is 0 Å². The molecule has 2 aliphatic heterocycles. The van der Waals surface area contributed by atoms with Crippen LogP contribution in [-0.4, -0.2) is 49.8 Å². The second-order valence-corrected chi connectivity index (χ2v) is 5.70. The fraction of sp³-hybridized carbons (Fsp3) is 1.00. The zero-order valence-electron chi connectivity index (χ0n) is 10.2. The summed E-state index contributed by atoms with van der Waals surface area (Å²) in [5, 5.41) is 3.74. The van der Waals surface area contributed by atoms with Crippen molar-refractivity contribution in [3.8, 4) is 0 Å². The molecule has 92 valence electrons. The second kappa shape index (κ2) is 5.03. The summed E-state index contributed by atoms with van der Waals surface area (Å²) in [4.78, 5) is 2.68. The molecule has 0 spiro atoms. The first kappa shape index (κ1) is 11.0. The Labute approximate surface area is 98.5 Å². The van der Waals surface area contributed by atoms with Gasteiger partial charge in [-0.25, -0.2) is 0 Å². The van der Waals surface area contributed by atoms with E-state index in [1.807, 2.05) is 0 Å². The molecule has 0 aromatic rings. The predicted molar refractivity (Wildman–Crippen MR) is 64.5 cm³/mol. The Morgan fingerprint density at radius 1 is 1.19 bits per heavy atom. The van der Waals surface area contributed by atoms with Crippen LogP contribution in [0.2, 0.25) is 0 Å². The zero-order chi connectivity index (χ0) is 10.8. The van der Waals surface area contributed by atoms with E-state index in [0.29, 0.717) is 0 Å². The molecule has 1 saturated carbocycles. The highest BCUT2D eigenvalue weighted by atomic mass is 16.5. The second-order valence-electron chi connectivity index (χ2n) is 5.70. The van der Waals surface area contributed by atoms with Gasteiger partial charge in [0, 0.05) is 38.3 Å². The molecular weight excluding hydrogens is 200 g/mol. The van der Waals surface area contributed by atoms with Gasteiger partial charge in [0.1, 0.15) is 0 Å². The standard InChI is InChI=1S/C13H24N2O/c1-2-11(10-16-7-1)8-14-12-5-6-15(9-12)13-3-4-13/h11-14H,1-10H2. The molecule has 0 aromatic carbocycles. The summed E-state index contributed by atoms with van der Waals surface area (Å²) in [5.41, 5.74) is 0. The summed E-state index contributed by atoms with van der Waals surface area (Å²) in [6, 6.07) is 1.70. The average molecular weight is 224 g/mol. The van der Waals surface area contributed by atoms with E-state index >= 15 is 0 Å². The molecule has 3 nitrogen and oxygen atoms in total. The van der Waals surface area contributed by atoms with E-state index in [0.717, 1.165) is 31.2 Å². The number of likely N-dealkylation sites (tertiary alicyclic amines) is 1. The van der Waals surface area contributed by atoms with Gasteiger partial charge in [-0.05, 0) is 38.0 Å². The molecule has 1 N–H and O–H groups in total. The Morgan fingerprint density at radius 2 is 2.12 bits per heavy atom. The third kappa shape index (κ3) is 2.76. The minimum atomic E-state index is 0.752. The van der Waals surface area contributed by atoms with E-state index in [1.54, 1.807) is 0 Å². The first-order chi connectivity index (χ1) is 7.92. The fourth-order valence-electron chi connectivity index (χ4n) is 3.03. The van der Waals surface area contributed by atoms with Gasteiger partial charge in [-0.15, -0.1) is 0 Å². The van der Waals surface area contributed by atoms with Crippen LogP contribution in [0.15, 0.2) is 0 Å². The van der Waals surface area contributed by atoms with Gasteiger partial charge in [0.15, 0.2) is 0 Å². The summed E-state index contributed by atoms with van der Waals surface area (Å²) in [5.74, 6) is 0.767. The monoisotopic (exact) mass is 224 g/mol. The van der Waals surface area contributed by atoms with Crippen LogP contribution in [0.25, 0.3) is 0 Å². The molecule has 16 heavy (non-hydrogen) atoms. The molecule has 3 rings (SSSR count). The van der Waals surface area contributed by atoms with Crippen molar-refractivity contribution >= 4 is 0 Å². The molecule has 3 aliphatic rings. The molecule has 0 aromatic heterocycles. The Hall–Kier alpha value is -0.120. The predicted octanol–water partition coefficient (Wildman–Crippen LogP) is 1.24. The average Bonchev–Trinajstić information content (AvgIpc) is 3.08. The first-order valence-electron chi connectivity index (χ1n) is 6.97. The van der Waals surface area contributed by atoms with Crippen LogP contribution < -0.4 is 5.32 Å². The van der Waals surface area contributed by atoms with Crippen LogP contribution in [0.3, 0.4) is 0 Å². The highest BCUT2D eigenvalue weighted by Crippen LogP contribution is 2.29. The number of hydrogen-bond donors (Lipinski definition) is 1. The van der Waals surface area contributed by atoms with Gasteiger partial charge in [-0.2, -0.15) is 0 Å². The lowest BCUT2D eigenvalue weighted by Crippen LogP contribution is -2.38. The molecular formula is C13H24N2O. The van der Waals surface area contributed by atoms with Gasteiger partial charge in [-0.3, -0.25) is 4.90 Å². The summed E-state index contributed by atoms with van der Waals surface area (Å²) in [6.07, 6.45) is 6.85. The van der Waals surface area contributed by atoms with Gasteiger partial charge >= 0.3 is 0 Å². The number of hydrogen-bond acceptors (Lipinski definition) is 3. The van der Waals surface area contributed by atoms with E-state index in [2.05, 4.69) is 10.2 Å². The third-order valence-electron chi connectivity index (χ3n) is 4.23. The molecule has 2 unspecified atom stereocenters. The van der Waals surface area contributed by atoms with E-state index in [-0.39, 0.29) is 0 Å². The van der Waals surface area contributed by atoms with Gasteiger partial charge in [0.25, 0.3) is 0 Å². The molecule has 1 aliphatic carbocycles. The number of rotatable bonds is 4. The molecule has 2 heterocycles. The van der Waals surface area contributed by atoms with Crippen LogP contribution >= 0.6 is 0 Å². The Morgan fingerprint density at radius 3 is 2.88 bits per heavy atom. The topological polar surface area (TPSA) is 24.5 Å². The maximum absolute atomic E-state index is 5.52. The van der Waals surface area contributed by atoms with E-state index in [1.165, 1.54) is 51.7 Å². The van der Waals surface area contributed by atoms with Crippen LogP contribution in [0.1, 0.15) is 32.1 Å². The Kier molecular flexibility index (Phi) is 3.46. The summed E-state index contributed by atoms with van der Waals surface area (Å²) >= 11 is 0. The maximum Gasteiger partial charge on any atom is 0.0506 e. The quantitative estimate of drug-likeness (QED) is 0.777. The molecule has 3 heteroatoms. The lowest BCUT2D eigenvalue weighted by Gasteiger charge is -2.24. The van der Waals surface area contributed by atoms with Gasteiger partial charge in [-0.1, -0.05) is 0 Å². The van der Waals surface area contributed by atoms with Crippen LogP contribution in [-0.2, 0) is 4.74 Å². The molecule has 3 fully saturated rings. The maximum atomic E-state index is 5.52. The minimum absolute atomic E-state index is 0.752. The molecule has 0 radical (unpaired) electrons. The van der Waals surface area contributed by atoms with Crippen molar-refractivity contribution in [3.63, 3.8) is 0 Å². The number of ether oxygens (including phenoxy) is 1. The SMILES string of the molecule is C1COCC(CNC2CCN(C3CC3)C2)C1. The largest absolute Gasteiger partial charge is 0.381 e.